The lowest BCUT2D eigenvalue weighted by Crippen LogP contribution is -2.64. The highest BCUT2D eigenvalue weighted by atomic mass is 16.7. The molecule has 5 aliphatic rings. The lowest BCUT2D eigenvalue weighted by atomic mass is 9.53. The second-order valence-corrected chi connectivity index (χ2v) is 9.95. The molecule has 3 aliphatic heterocycles. The molecule has 2 aliphatic carbocycles. The quantitative estimate of drug-likeness (QED) is 0.313. The molecule has 0 aromatic heterocycles. The molecule has 34 heavy (non-hydrogen) atoms. The van der Waals surface area contributed by atoms with Gasteiger partial charge in [0, 0.05) is 22.9 Å². The molecule has 2 fully saturated rings. The molecule has 10 nitrogen and oxygen atoms in total. The summed E-state index contributed by atoms with van der Waals surface area (Å²) in [6.07, 6.45) is -3.61. The molecule has 1 aromatic rings. The maximum Gasteiger partial charge on any atom is 0.337 e. The molecule has 2 bridgehead atoms. The van der Waals surface area contributed by atoms with Crippen LogP contribution in [0, 0.1) is 5.92 Å². The van der Waals surface area contributed by atoms with E-state index in [9.17, 15) is 25.2 Å². The van der Waals surface area contributed by atoms with Crippen molar-refractivity contribution in [3.8, 4) is 11.5 Å². The summed E-state index contributed by atoms with van der Waals surface area (Å²) in [4.78, 5) is 14.4. The third-order valence-electron chi connectivity index (χ3n) is 8.38. The third kappa shape index (κ3) is 2.81. The number of piperidine rings is 1. The van der Waals surface area contributed by atoms with Gasteiger partial charge in [-0.25, -0.2) is 4.79 Å². The largest absolute Gasteiger partial charge is 0.482 e. The van der Waals surface area contributed by atoms with E-state index in [1.54, 1.807) is 6.07 Å². The molecule has 6 rings (SSSR count). The van der Waals surface area contributed by atoms with Crippen LogP contribution in [-0.4, -0.2) is 101 Å². The number of ether oxygens (including phenoxy) is 4. The highest BCUT2D eigenvalue weighted by Gasteiger charge is 2.64. The van der Waals surface area contributed by atoms with E-state index in [2.05, 4.69) is 22.8 Å². The summed E-state index contributed by atoms with van der Waals surface area (Å²) in [6.45, 7) is 0.876. The monoisotopic (exact) mass is 475 g/mol. The second-order valence-electron chi connectivity index (χ2n) is 9.95. The number of hydrogen-bond acceptors (Lipinski definition) is 10. The maximum absolute atomic E-state index is 12.0. The number of nitrogens with zero attached hydrogens (tertiary/aromatic N) is 1. The van der Waals surface area contributed by atoms with Crippen molar-refractivity contribution in [2.24, 2.45) is 5.92 Å². The Hall–Kier alpha value is -2.21. The zero-order valence-corrected chi connectivity index (χ0v) is 18.9. The molecule has 0 unspecified atom stereocenters. The van der Waals surface area contributed by atoms with Gasteiger partial charge in [0.05, 0.1) is 7.11 Å². The highest BCUT2D eigenvalue weighted by molar-refractivity contribution is 5.75. The van der Waals surface area contributed by atoms with Crippen molar-refractivity contribution >= 4 is 5.97 Å². The highest BCUT2D eigenvalue weighted by Crippen LogP contribution is 2.62. The van der Waals surface area contributed by atoms with E-state index in [-0.39, 0.29) is 17.1 Å². The van der Waals surface area contributed by atoms with Gasteiger partial charge in [-0.1, -0.05) is 18.2 Å². The minimum atomic E-state index is -1.68. The van der Waals surface area contributed by atoms with Crippen LogP contribution in [0.3, 0.4) is 0 Å². The van der Waals surface area contributed by atoms with E-state index in [4.69, 9.17) is 14.2 Å². The Kier molecular flexibility index (Phi) is 5.01. The number of likely N-dealkylation sites (tertiary alicyclic amines) is 1. The van der Waals surface area contributed by atoms with Gasteiger partial charge < -0.3 is 44.3 Å². The molecular formula is C24H29NO9. The summed E-state index contributed by atoms with van der Waals surface area (Å²) < 4.78 is 22.5. The van der Waals surface area contributed by atoms with Crippen LogP contribution in [-0.2, 0) is 26.1 Å². The first-order valence-electron chi connectivity index (χ1n) is 11.6. The number of methoxy groups -OCH3 is 1. The topological polar surface area (TPSA) is 138 Å². The van der Waals surface area contributed by atoms with Crippen molar-refractivity contribution in [3.05, 3.63) is 35.4 Å². The third-order valence-corrected chi connectivity index (χ3v) is 8.38. The van der Waals surface area contributed by atoms with Crippen molar-refractivity contribution in [3.63, 3.8) is 0 Å². The number of esters is 1. The summed E-state index contributed by atoms with van der Waals surface area (Å²) >= 11 is 0. The van der Waals surface area contributed by atoms with Crippen LogP contribution in [0.2, 0.25) is 0 Å². The average Bonchev–Trinajstić information content (AvgIpc) is 3.19. The summed E-state index contributed by atoms with van der Waals surface area (Å²) in [5.74, 6) is 0.0600. The normalized spacial score (nSPS) is 44.2. The van der Waals surface area contributed by atoms with E-state index in [0.29, 0.717) is 11.8 Å². The van der Waals surface area contributed by atoms with Crippen LogP contribution in [0.15, 0.2) is 24.3 Å². The first-order chi connectivity index (χ1) is 16.3. The van der Waals surface area contributed by atoms with E-state index in [1.807, 2.05) is 12.1 Å². The fraction of sp³-hybridized carbons (Fsp3) is 0.625. The Morgan fingerprint density at radius 2 is 1.94 bits per heavy atom. The smallest absolute Gasteiger partial charge is 0.337 e. The predicted molar refractivity (Wildman–Crippen MR) is 115 cm³/mol. The molecule has 1 spiro atoms. The first-order valence-corrected chi connectivity index (χ1v) is 11.6. The van der Waals surface area contributed by atoms with Crippen LogP contribution in [0.1, 0.15) is 17.5 Å². The number of likely N-dealkylation sites (N-methyl/N-ethyl adjacent to an activating group) is 1. The van der Waals surface area contributed by atoms with Crippen molar-refractivity contribution in [2.45, 2.75) is 67.2 Å². The van der Waals surface area contributed by atoms with E-state index >= 15 is 0 Å². The molecular weight excluding hydrogens is 446 g/mol. The van der Waals surface area contributed by atoms with Crippen LogP contribution >= 0.6 is 0 Å². The van der Waals surface area contributed by atoms with Gasteiger partial charge in [-0.15, -0.1) is 0 Å². The van der Waals surface area contributed by atoms with E-state index < -0.39 is 48.9 Å². The van der Waals surface area contributed by atoms with Gasteiger partial charge in [0.15, 0.2) is 17.6 Å². The average molecular weight is 475 g/mol. The number of carbonyl (C=O) groups is 1. The molecule has 4 N–H and O–H groups in total. The summed E-state index contributed by atoms with van der Waals surface area (Å²) in [5, 5.41) is 41.8. The molecule has 0 radical (unpaired) electrons. The molecule has 184 valence electrons. The molecule has 0 saturated carbocycles. The number of carbonyl (C=O) groups excluding carboxylic acids is 1. The van der Waals surface area contributed by atoms with E-state index in [0.717, 1.165) is 37.6 Å². The van der Waals surface area contributed by atoms with Gasteiger partial charge in [-0.05, 0) is 38.1 Å². The molecule has 10 heteroatoms. The summed E-state index contributed by atoms with van der Waals surface area (Å²) in [5.41, 5.74) is 1.76. The van der Waals surface area contributed by atoms with Crippen LogP contribution in [0.5, 0.6) is 11.5 Å². The molecule has 1 aromatic carbocycles. The number of aliphatic hydroxyl groups excluding tert-OH is 4. The number of aliphatic hydroxyl groups is 4. The molecule has 3 heterocycles. The van der Waals surface area contributed by atoms with Crippen molar-refractivity contribution in [1.29, 1.82) is 0 Å². The zero-order valence-electron chi connectivity index (χ0n) is 18.9. The van der Waals surface area contributed by atoms with Gasteiger partial charge >= 0.3 is 5.97 Å². The van der Waals surface area contributed by atoms with Crippen LogP contribution in [0.25, 0.3) is 0 Å². The van der Waals surface area contributed by atoms with Crippen molar-refractivity contribution in [1.82, 2.24) is 4.90 Å². The fourth-order valence-electron chi connectivity index (χ4n) is 6.70. The van der Waals surface area contributed by atoms with Crippen molar-refractivity contribution in [2.75, 3.05) is 20.7 Å². The Morgan fingerprint density at radius 3 is 2.71 bits per heavy atom. The Morgan fingerprint density at radius 1 is 1.15 bits per heavy atom. The van der Waals surface area contributed by atoms with Crippen LogP contribution < -0.4 is 9.47 Å². The first kappa shape index (κ1) is 22.3. The summed E-state index contributed by atoms with van der Waals surface area (Å²) in [6, 6.07) is 3.99. The van der Waals surface area contributed by atoms with E-state index in [1.165, 1.54) is 0 Å². The van der Waals surface area contributed by atoms with Crippen molar-refractivity contribution < 1.29 is 44.2 Å². The van der Waals surface area contributed by atoms with Gasteiger partial charge in [0.1, 0.15) is 30.5 Å². The Bertz CT molecular complexity index is 1050. The van der Waals surface area contributed by atoms with Gasteiger partial charge in [-0.2, -0.15) is 0 Å². The molecule has 0 amide bonds. The van der Waals surface area contributed by atoms with Crippen LogP contribution in [0.4, 0.5) is 0 Å². The minimum absolute atomic E-state index is 0.181. The standard InChI is InChI=1S/C24H29NO9/c1-25-8-7-24-11-4-5-13(26)21(24)33-19-14(6-3-10(15(19)24)9-12(11)25)32-23-18(29)16(27)17(28)20(34-23)22(30)31-2/h3-6,11-13,16-18,20-21,23,26-29H,7-9H2,1-2H3/t11-,12-,13-,16-,17-,18+,20-,21-,23+,24-/m0/s1. The second kappa shape index (κ2) is 7.64. The number of hydrogen-bond donors (Lipinski definition) is 4. The van der Waals surface area contributed by atoms with Gasteiger partial charge in [0.2, 0.25) is 6.29 Å². The molecule has 2 saturated heterocycles. The lowest BCUT2D eigenvalue weighted by molar-refractivity contribution is -0.272. The summed E-state index contributed by atoms with van der Waals surface area (Å²) in [7, 11) is 3.26. The lowest BCUT2D eigenvalue weighted by Gasteiger charge is -2.56. The number of benzene rings is 1. The zero-order chi connectivity index (χ0) is 23.9. The van der Waals surface area contributed by atoms with Gasteiger partial charge in [0.25, 0.3) is 0 Å². The molecule has 10 atom stereocenters. The fourth-order valence-corrected chi connectivity index (χ4v) is 6.70. The SMILES string of the molecule is COC(=O)[C@H]1O[C@@H](Oc2ccc3c4c2O[C@H]2[C@@H](O)C=C[C@H]5[C@H](C3)N(C)CC[C@@]452)[C@H](O)[C@@H](O)[C@@H]1O. The minimum Gasteiger partial charge on any atom is -0.482 e. The Labute approximate surface area is 196 Å². The predicted octanol–water partition coefficient (Wildman–Crippen LogP) is -1.15. The van der Waals surface area contributed by atoms with Gasteiger partial charge in [-0.3, -0.25) is 0 Å². The maximum atomic E-state index is 12.0. The number of rotatable bonds is 3. The Balaban J connectivity index is 1.39.